The second-order valence-electron chi connectivity index (χ2n) is 6.36. The molecule has 1 aliphatic heterocycles. The Morgan fingerprint density at radius 3 is 2.30 bits per heavy atom. The highest BCUT2D eigenvalue weighted by Crippen LogP contribution is 2.27. The van der Waals surface area contributed by atoms with Crippen LogP contribution >= 0.6 is 0 Å². The lowest BCUT2D eigenvalue weighted by Crippen LogP contribution is -2.40. The van der Waals surface area contributed by atoms with Gasteiger partial charge in [0.25, 0.3) is 5.91 Å². The number of rotatable bonds is 7. The first-order valence-corrected chi connectivity index (χ1v) is 10.4. The zero-order chi connectivity index (χ0) is 20.2. The van der Waals surface area contributed by atoms with Crippen molar-refractivity contribution in [2.75, 3.05) is 33.3 Å². The van der Waals surface area contributed by atoms with Crippen LogP contribution in [0.5, 0.6) is 5.75 Å². The van der Waals surface area contributed by atoms with Crippen molar-refractivity contribution in [2.24, 2.45) is 5.92 Å². The fourth-order valence-corrected chi connectivity index (χ4v) is 4.71. The van der Waals surface area contributed by atoms with Gasteiger partial charge in [0.2, 0.25) is 10.0 Å². The maximum atomic E-state index is 12.9. The molecular weight excluding hydrogens is 372 g/mol. The van der Waals surface area contributed by atoms with E-state index in [0.29, 0.717) is 44.8 Å². The first-order valence-electron chi connectivity index (χ1n) is 8.96. The first kappa shape index (κ1) is 21.2. The highest BCUT2D eigenvalue weighted by Gasteiger charge is 2.30. The first-order chi connectivity index (χ1) is 12.8. The van der Waals surface area contributed by atoms with E-state index < -0.39 is 21.9 Å². The molecule has 27 heavy (non-hydrogen) atoms. The average molecular weight is 398 g/mol. The quantitative estimate of drug-likeness (QED) is 0.749. The SMILES string of the molecule is CCN(CC)S(=O)(=O)c1ccc(OC)c(C(=O)N2CCC(C(=O)O)CC2)c1. The van der Waals surface area contributed by atoms with Crippen LogP contribution in [0.3, 0.4) is 0 Å². The number of nitrogens with zero attached hydrogens (tertiary/aromatic N) is 2. The smallest absolute Gasteiger partial charge is 0.306 e. The molecule has 1 N–H and O–H groups in total. The molecule has 1 amide bonds. The van der Waals surface area contributed by atoms with Gasteiger partial charge in [0.05, 0.1) is 23.5 Å². The van der Waals surface area contributed by atoms with E-state index in [-0.39, 0.29) is 16.4 Å². The molecule has 0 aromatic heterocycles. The number of methoxy groups -OCH3 is 1. The summed E-state index contributed by atoms with van der Waals surface area (Å²) < 4.78 is 32.1. The number of benzene rings is 1. The van der Waals surface area contributed by atoms with E-state index in [9.17, 15) is 18.0 Å². The Labute approximate surface area is 159 Å². The van der Waals surface area contributed by atoms with Crippen molar-refractivity contribution in [3.63, 3.8) is 0 Å². The molecule has 0 radical (unpaired) electrons. The Morgan fingerprint density at radius 2 is 1.81 bits per heavy atom. The van der Waals surface area contributed by atoms with Gasteiger partial charge < -0.3 is 14.7 Å². The molecule has 1 fully saturated rings. The van der Waals surface area contributed by atoms with Crippen molar-refractivity contribution >= 4 is 21.9 Å². The van der Waals surface area contributed by atoms with E-state index in [4.69, 9.17) is 9.84 Å². The molecule has 9 heteroatoms. The summed E-state index contributed by atoms with van der Waals surface area (Å²) in [6, 6.07) is 4.26. The molecule has 2 rings (SSSR count). The Bertz CT molecular complexity index is 796. The number of aliphatic carboxylic acids is 1. The molecule has 0 bridgehead atoms. The third-order valence-electron chi connectivity index (χ3n) is 4.88. The fourth-order valence-electron chi connectivity index (χ4n) is 3.23. The van der Waals surface area contributed by atoms with Crippen LogP contribution in [0.15, 0.2) is 23.1 Å². The molecule has 0 atom stereocenters. The lowest BCUT2D eigenvalue weighted by atomic mass is 9.96. The molecule has 1 heterocycles. The Kier molecular flexibility index (Phi) is 6.83. The molecule has 1 aliphatic rings. The minimum atomic E-state index is -3.70. The lowest BCUT2D eigenvalue weighted by Gasteiger charge is -2.30. The van der Waals surface area contributed by atoms with E-state index in [0.717, 1.165) is 0 Å². The number of hydrogen-bond donors (Lipinski definition) is 1. The van der Waals surface area contributed by atoms with Crippen molar-refractivity contribution in [1.29, 1.82) is 0 Å². The highest BCUT2D eigenvalue weighted by molar-refractivity contribution is 7.89. The van der Waals surface area contributed by atoms with Gasteiger partial charge in [0.15, 0.2) is 0 Å². The van der Waals surface area contributed by atoms with Gasteiger partial charge in [-0.1, -0.05) is 13.8 Å². The third-order valence-corrected chi connectivity index (χ3v) is 6.92. The standard InChI is InChI=1S/C18H26N2O6S/c1-4-20(5-2)27(24,25)14-6-7-16(26-3)15(12-14)17(21)19-10-8-13(9-11-19)18(22)23/h6-7,12-13H,4-5,8-11H2,1-3H3,(H,22,23). The second-order valence-corrected chi connectivity index (χ2v) is 8.29. The van der Waals surface area contributed by atoms with Gasteiger partial charge in [0, 0.05) is 26.2 Å². The van der Waals surface area contributed by atoms with Crippen LogP contribution in [-0.4, -0.2) is 67.9 Å². The van der Waals surface area contributed by atoms with E-state index >= 15 is 0 Å². The lowest BCUT2D eigenvalue weighted by molar-refractivity contribution is -0.143. The number of carbonyl (C=O) groups is 2. The zero-order valence-electron chi connectivity index (χ0n) is 15.8. The van der Waals surface area contributed by atoms with Gasteiger partial charge in [0.1, 0.15) is 5.75 Å². The van der Waals surface area contributed by atoms with Crippen LogP contribution < -0.4 is 4.74 Å². The van der Waals surface area contributed by atoms with Gasteiger partial charge in [-0.15, -0.1) is 0 Å². The number of amides is 1. The minimum absolute atomic E-state index is 0.0378. The molecule has 1 saturated heterocycles. The molecule has 0 unspecified atom stereocenters. The second kappa shape index (κ2) is 8.71. The van der Waals surface area contributed by atoms with Crippen LogP contribution in [-0.2, 0) is 14.8 Å². The summed E-state index contributed by atoms with van der Waals surface area (Å²) in [6.45, 7) is 4.79. The van der Waals surface area contributed by atoms with E-state index in [1.165, 1.54) is 29.6 Å². The van der Waals surface area contributed by atoms with Crippen LogP contribution in [0, 0.1) is 5.92 Å². The molecule has 8 nitrogen and oxygen atoms in total. The summed E-state index contributed by atoms with van der Waals surface area (Å²) in [4.78, 5) is 25.6. The number of carbonyl (C=O) groups excluding carboxylic acids is 1. The summed E-state index contributed by atoms with van der Waals surface area (Å²) in [7, 11) is -2.29. The zero-order valence-corrected chi connectivity index (χ0v) is 16.7. The Balaban J connectivity index is 2.33. The van der Waals surface area contributed by atoms with Gasteiger partial charge >= 0.3 is 5.97 Å². The van der Waals surface area contributed by atoms with Gasteiger partial charge in [-0.25, -0.2) is 8.42 Å². The number of sulfonamides is 1. The molecule has 150 valence electrons. The van der Waals surface area contributed by atoms with Crippen LogP contribution in [0.25, 0.3) is 0 Å². The largest absolute Gasteiger partial charge is 0.496 e. The maximum Gasteiger partial charge on any atom is 0.306 e. The summed E-state index contributed by atoms with van der Waals surface area (Å²) >= 11 is 0. The normalized spacial score (nSPS) is 15.8. The van der Waals surface area contributed by atoms with Crippen molar-refractivity contribution in [1.82, 2.24) is 9.21 Å². The molecule has 0 spiro atoms. The van der Waals surface area contributed by atoms with Gasteiger partial charge in [-0.05, 0) is 31.0 Å². The van der Waals surface area contributed by atoms with E-state index in [1.807, 2.05) is 0 Å². The maximum absolute atomic E-state index is 12.9. The number of carboxylic acids is 1. The van der Waals surface area contributed by atoms with Crippen LogP contribution in [0.1, 0.15) is 37.0 Å². The number of carboxylic acid groups (broad SMARTS) is 1. The monoisotopic (exact) mass is 398 g/mol. The third kappa shape index (κ3) is 4.41. The van der Waals surface area contributed by atoms with E-state index in [1.54, 1.807) is 18.7 Å². The van der Waals surface area contributed by atoms with Crippen molar-refractivity contribution in [3.05, 3.63) is 23.8 Å². The van der Waals surface area contributed by atoms with Crippen LogP contribution in [0.4, 0.5) is 0 Å². The molecule has 1 aromatic carbocycles. The highest BCUT2D eigenvalue weighted by atomic mass is 32.2. The number of likely N-dealkylation sites (tertiary alicyclic amines) is 1. The minimum Gasteiger partial charge on any atom is -0.496 e. The predicted molar refractivity (Wildman–Crippen MR) is 99.4 cm³/mol. The fraction of sp³-hybridized carbons (Fsp3) is 0.556. The average Bonchev–Trinajstić information content (AvgIpc) is 2.67. The summed E-state index contributed by atoms with van der Waals surface area (Å²) in [5.41, 5.74) is 0.166. The number of ether oxygens (including phenoxy) is 1. The Hall–Kier alpha value is -2.13. The summed E-state index contributed by atoms with van der Waals surface area (Å²) in [5.74, 6) is -1.37. The molecule has 1 aromatic rings. The summed E-state index contributed by atoms with van der Waals surface area (Å²) in [6.07, 6.45) is 0.752. The molecular formula is C18H26N2O6S. The van der Waals surface area contributed by atoms with Crippen LogP contribution in [0.2, 0.25) is 0 Å². The van der Waals surface area contributed by atoms with Gasteiger partial charge in [-0.2, -0.15) is 4.31 Å². The number of piperidine rings is 1. The van der Waals surface area contributed by atoms with Crippen molar-refractivity contribution in [3.8, 4) is 5.75 Å². The van der Waals surface area contributed by atoms with Crippen molar-refractivity contribution < 1.29 is 27.9 Å². The van der Waals surface area contributed by atoms with Gasteiger partial charge in [-0.3, -0.25) is 9.59 Å². The molecule has 0 aliphatic carbocycles. The summed E-state index contributed by atoms with van der Waals surface area (Å²) in [5, 5.41) is 9.09. The Morgan fingerprint density at radius 1 is 1.22 bits per heavy atom. The molecule has 0 saturated carbocycles. The van der Waals surface area contributed by atoms with E-state index in [2.05, 4.69) is 0 Å². The number of hydrogen-bond acceptors (Lipinski definition) is 5. The predicted octanol–water partition coefficient (Wildman–Crippen LogP) is 1.66. The topological polar surface area (TPSA) is 104 Å². The van der Waals surface area contributed by atoms with Crippen molar-refractivity contribution in [2.45, 2.75) is 31.6 Å².